The summed E-state index contributed by atoms with van der Waals surface area (Å²) in [5, 5.41) is 3.88. The average Bonchev–Trinajstić information content (AvgIpc) is 2.79. The highest BCUT2D eigenvalue weighted by atomic mass is 16.5. The monoisotopic (exact) mass is 245 g/mol. The minimum Gasteiger partial charge on any atom is -0.338 e. The number of Topliss-reactive ketones (excluding diaryl/α,β-unsaturated/α-hetero) is 1. The molecular weight excluding hydrogens is 230 g/mol. The minimum atomic E-state index is -0.323. The van der Waals surface area contributed by atoms with Crippen molar-refractivity contribution in [3.05, 3.63) is 29.8 Å². The van der Waals surface area contributed by atoms with Crippen molar-refractivity contribution in [3.63, 3.8) is 0 Å². The smallest absolute Gasteiger partial charge is 0.237 e. The summed E-state index contributed by atoms with van der Waals surface area (Å²) in [6, 6.07) is 5.60. The van der Waals surface area contributed by atoms with Crippen LogP contribution in [-0.2, 0) is 4.79 Å². The Labute approximate surface area is 105 Å². The molecule has 0 amide bonds. The third kappa shape index (κ3) is 2.45. The van der Waals surface area contributed by atoms with Crippen molar-refractivity contribution < 1.29 is 9.32 Å². The molecule has 0 aliphatic rings. The van der Waals surface area contributed by atoms with E-state index in [9.17, 15) is 4.79 Å². The van der Waals surface area contributed by atoms with E-state index in [1.165, 1.54) is 6.92 Å². The molecule has 2 aromatic rings. The molecule has 0 radical (unpaired) electrons. The third-order valence-corrected chi connectivity index (χ3v) is 2.76. The highest BCUT2D eigenvalue weighted by Crippen LogP contribution is 2.21. The van der Waals surface area contributed by atoms with Gasteiger partial charge in [0.15, 0.2) is 0 Å². The van der Waals surface area contributed by atoms with Crippen LogP contribution in [0, 0.1) is 6.92 Å². The minimum absolute atomic E-state index is 0.0323. The number of nitrogens with zero attached hydrogens (tertiary/aromatic N) is 3. The molecule has 5 nitrogen and oxygen atoms in total. The first-order valence-corrected chi connectivity index (χ1v) is 5.90. The molecule has 94 valence electrons. The van der Waals surface area contributed by atoms with E-state index in [4.69, 9.17) is 4.52 Å². The summed E-state index contributed by atoms with van der Waals surface area (Å²) in [4.78, 5) is 20.0. The molecule has 0 bridgehead atoms. The van der Waals surface area contributed by atoms with Crippen molar-refractivity contribution >= 4 is 5.78 Å². The predicted octanol–water partition coefficient (Wildman–Crippen LogP) is 2.52. The van der Waals surface area contributed by atoms with Gasteiger partial charge in [-0.3, -0.25) is 4.79 Å². The molecule has 0 fully saturated rings. The second kappa shape index (κ2) is 5.08. The summed E-state index contributed by atoms with van der Waals surface area (Å²) in [5.74, 6) is 0.498. The van der Waals surface area contributed by atoms with E-state index in [0.29, 0.717) is 23.8 Å². The molecule has 0 spiro atoms. The fourth-order valence-corrected chi connectivity index (χ4v) is 1.78. The number of pyridine rings is 1. The lowest BCUT2D eigenvalue weighted by Gasteiger charge is -2.03. The number of hydrogen-bond acceptors (Lipinski definition) is 5. The first kappa shape index (κ1) is 12.4. The SMILES string of the molecule is CCC(C(C)=O)c1nc(-c2cccc(C)n2)no1. The Morgan fingerprint density at radius 1 is 1.39 bits per heavy atom. The Morgan fingerprint density at radius 3 is 2.78 bits per heavy atom. The summed E-state index contributed by atoms with van der Waals surface area (Å²) < 4.78 is 5.15. The summed E-state index contributed by atoms with van der Waals surface area (Å²) in [6.45, 7) is 5.35. The van der Waals surface area contributed by atoms with Crippen LogP contribution in [0.15, 0.2) is 22.7 Å². The van der Waals surface area contributed by atoms with E-state index in [0.717, 1.165) is 5.69 Å². The molecule has 1 unspecified atom stereocenters. The molecule has 1 atom stereocenters. The summed E-state index contributed by atoms with van der Waals surface area (Å²) in [7, 11) is 0. The van der Waals surface area contributed by atoms with E-state index in [2.05, 4.69) is 15.1 Å². The van der Waals surface area contributed by atoms with Gasteiger partial charge >= 0.3 is 0 Å². The lowest BCUT2D eigenvalue weighted by atomic mass is 10.0. The van der Waals surface area contributed by atoms with Gasteiger partial charge in [0.25, 0.3) is 0 Å². The molecule has 0 N–H and O–H groups in total. The molecule has 0 aliphatic heterocycles. The largest absolute Gasteiger partial charge is 0.338 e. The van der Waals surface area contributed by atoms with Crippen molar-refractivity contribution in [1.29, 1.82) is 0 Å². The zero-order chi connectivity index (χ0) is 13.1. The van der Waals surface area contributed by atoms with Gasteiger partial charge in [-0.25, -0.2) is 4.98 Å². The molecule has 2 aromatic heterocycles. The highest BCUT2D eigenvalue weighted by Gasteiger charge is 2.22. The second-order valence-electron chi connectivity index (χ2n) is 4.19. The van der Waals surface area contributed by atoms with E-state index in [1.807, 2.05) is 32.0 Å². The van der Waals surface area contributed by atoms with Gasteiger partial charge in [-0.2, -0.15) is 4.98 Å². The van der Waals surface area contributed by atoms with Crippen LogP contribution in [0.4, 0.5) is 0 Å². The zero-order valence-corrected chi connectivity index (χ0v) is 10.7. The number of hydrogen-bond donors (Lipinski definition) is 0. The lowest BCUT2D eigenvalue weighted by molar-refractivity contribution is -0.119. The van der Waals surface area contributed by atoms with Crippen LogP contribution >= 0.6 is 0 Å². The van der Waals surface area contributed by atoms with Gasteiger partial charge in [-0.1, -0.05) is 18.1 Å². The fourth-order valence-electron chi connectivity index (χ4n) is 1.78. The topological polar surface area (TPSA) is 68.9 Å². The van der Waals surface area contributed by atoms with Crippen molar-refractivity contribution in [2.75, 3.05) is 0 Å². The maximum atomic E-state index is 11.4. The van der Waals surface area contributed by atoms with E-state index < -0.39 is 0 Å². The number of aryl methyl sites for hydroxylation is 1. The van der Waals surface area contributed by atoms with Crippen LogP contribution in [0.1, 0.15) is 37.8 Å². The molecule has 0 aliphatic carbocycles. The molecule has 0 saturated carbocycles. The predicted molar refractivity (Wildman–Crippen MR) is 66.0 cm³/mol. The first-order valence-electron chi connectivity index (χ1n) is 5.90. The lowest BCUT2D eigenvalue weighted by Crippen LogP contribution is -2.07. The van der Waals surface area contributed by atoms with E-state index in [1.54, 1.807) is 0 Å². The van der Waals surface area contributed by atoms with Gasteiger partial charge < -0.3 is 4.52 Å². The number of carbonyl (C=O) groups excluding carboxylic acids is 1. The van der Waals surface area contributed by atoms with Crippen LogP contribution in [0.5, 0.6) is 0 Å². The van der Waals surface area contributed by atoms with Crippen LogP contribution in [0.3, 0.4) is 0 Å². The highest BCUT2D eigenvalue weighted by molar-refractivity contribution is 5.82. The number of ketones is 1. The van der Waals surface area contributed by atoms with Crippen LogP contribution in [0.2, 0.25) is 0 Å². The standard InChI is InChI=1S/C13H15N3O2/c1-4-10(9(3)17)13-15-12(16-18-13)11-7-5-6-8(2)14-11/h5-7,10H,4H2,1-3H3. The molecule has 2 heterocycles. The molecule has 0 saturated heterocycles. The van der Waals surface area contributed by atoms with Gasteiger partial charge in [0.05, 0.1) is 5.92 Å². The number of aromatic nitrogens is 3. The van der Waals surface area contributed by atoms with Gasteiger partial charge in [0.2, 0.25) is 11.7 Å². The van der Waals surface area contributed by atoms with E-state index in [-0.39, 0.29) is 11.7 Å². The summed E-state index contributed by atoms with van der Waals surface area (Å²) >= 11 is 0. The van der Waals surface area contributed by atoms with Crippen LogP contribution < -0.4 is 0 Å². The third-order valence-electron chi connectivity index (χ3n) is 2.76. The molecule has 18 heavy (non-hydrogen) atoms. The summed E-state index contributed by atoms with van der Waals surface area (Å²) in [5.41, 5.74) is 1.54. The molecule has 5 heteroatoms. The van der Waals surface area contributed by atoms with Gasteiger partial charge in [-0.15, -0.1) is 0 Å². The Hall–Kier alpha value is -2.04. The second-order valence-corrected chi connectivity index (χ2v) is 4.19. The Balaban J connectivity index is 2.33. The molecule has 0 aromatic carbocycles. The van der Waals surface area contributed by atoms with Crippen LogP contribution in [-0.4, -0.2) is 20.9 Å². The number of carbonyl (C=O) groups is 1. The Morgan fingerprint density at radius 2 is 2.17 bits per heavy atom. The molecular formula is C13H15N3O2. The van der Waals surface area contributed by atoms with E-state index >= 15 is 0 Å². The first-order chi connectivity index (χ1) is 8.61. The zero-order valence-electron chi connectivity index (χ0n) is 10.7. The van der Waals surface area contributed by atoms with Crippen molar-refractivity contribution in [1.82, 2.24) is 15.1 Å². The van der Waals surface area contributed by atoms with Gasteiger partial charge in [-0.05, 0) is 32.4 Å². The maximum absolute atomic E-state index is 11.4. The van der Waals surface area contributed by atoms with Crippen molar-refractivity contribution in [2.24, 2.45) is 0 Å². The number of rotatable bonds is 4. The fraction of sp³-hybridized carbons (Fsp3) is 0.385. The van der Waals surface area contributed by atoms with Crippen molar-refractivity contribution in [3.8, 4) is 11.5 Å². The normalized spacial score (nSPS) is 12.4. The maximum Gasteiger partial charge on any atom is 0.237 e. The van der Waals surface area contributed by atoms with Crippen LogP contribution in [0.25, 0.3) is 11.5 Å². The average molecular weight is 245 g/mol. The quantitative estimate of drug-likeness (QED) is 0.827. The summed E-state index contributed by atoms with van der Waals surface area (Å²) in [6.07, 6.45) is 0.651. The van der Waals surface area contributed by atoms with Crippen molar-refractivity contribution in [2.45, 2.75) is 33.1 Å². The Kier molecular flexibility index (Phi) is 3.50. The van der Waals surface area contributed by atoms with Gasteiger partial charge in [0.1, 0.15) is 11.5 Å². The molecule has 2 rings (SSSR count). The Bertz CT molecular complexity index is 563. The van der Waals surface area contributed by atoms with Gasteiger partial charge in [0, 0.05) is 5.69 Å².